The van der Waals surface area contributed by atoms with E-state index in [0.29, 0.717) is 19.5 Å². The van der Waals surface area contributed by atoms with E-state index in [2.05, 4.69) is 4.98 Å². The molecule has 2 atom stereocenters. The van der Waals surface area contributed by atoms with Crippen LogP contribution in [0, 0.1) is 18.8 Å². The first kappa shape index (κ1) is 14.0. The highest BCUT2D eigenvalue weighted by Gasteiger charge is 2.38. The number of hydrogen-bond acceptors (Lipinski definition) is 5. The average molecular weight is 284 g/mol. The Kier molecular flexibility index (Phi) is 4.16. The van der Waals surface area contributed by atoms with Crippen LogP contribution in [0.5, 0.6) is 0 Å². The molecular formula is C12H16N2O4S. The van der Waals surface area contributed by atoms with Gasteiger partial charge < -0.3 is 10.2 Å². The molecule has 2 heterocycles. The van der Waals surface area contributed by atoms with Crippen molar-refractivity contribution in [1.29, 1.82) is 0 Å². The Bertz CT molecular complexity index is 488. The number of carboxylic acid groups (broad SMARTS) is 2. The Labute approximate surface area is 114 Å². The number of aromatic nitrogens is 1. The molecule has 1 aromatic rings. The van der Waals surface area contributed by atoms with Gasteiger partial charge in [-0.25, -0.2) is 4.98 Å². The van der Waals surface area contributed by atoms with Crippen molar-refractivity contribution in [2.75, 3.05) is 13.1 Å². The van der Waals surface area contributed by atoms with Crippen molar-refractivity contribution in [3.8, 4) is 0 Å². The molecule has 0 radical (unpaired) electrons. The fourth-order valence-corrected chi connectivity index (χ4v) is 3.19. The van der Waals surface area contributed by atoms with Crippen molar-refractivity contribution >= 4 is 23.3 Å². The number of likely N-dealkylation sites (tertiary alicyclic amines) is 1. The van der Waals surface area contributed by atoms with Gasteiger partial charge in [-0.3, -0.25) is 14.5 Å². The van der Waals surface area contributed by atoms with Crippen LogP contribution in [-0.4, -0.2) is 45.1 Å². The predicted octanol–water partition coefficient (Wildman–Crippen LogP) is 1.06. The number of carbonyl (C=O) groups is 2. The summed E-state index contributed by atoms with van der Waals surface area (Å²) in [5.74, 6) is -3.68. The Morgan fingerprint density at radius 1 is 1.42 bits per heavy atom. The average Bonchev–Trinajstić information content (AvgIpc) is 2.74. The normalized spacial score (nSPS) is 24.3. The van der Waals surface area contributed by atoms with Crippen molar-refractivity contribution in [1.82, 2.24) is 9.88 Å². The van der Waals surface area contributed by atoms with E-state index in [1.807, 2.05) is 17.2 Å². The van der Waals surface area contributed by atoms with Crippen LogP contribution < -0.4 is 0 Å². The highest BCUT2D eigenvalue weighted by atomic mass is 32.1. The second-order valence-corrected chi connectivity index (χ2v) is 5.74. The number of hydrogen-bond donors (Lipinski definition) is 2. The second-order valence-electron chi connectivity index (χ2n) is 4.80. The molecule has 0 saturated carbocycles. The van der Waals surface area contributed by atoms with E-state index in [9.17, 15) is 9.59 Å². The minimum atomic E-state index is -1.03. The van der Waals surface area contributed by atoms with Gasteiger partial charge in [-0.1, -0.05) is 0 Å². The number of aliphatic carboxylic acids is 2. The molecule has 1 aromatic heterocycles. The molecule has 1 aliphatic rings. The fourth-order valence-electron chi connectivity index (χ4n) is 2.38. The minimum absolute atomic E-state index is 0.269. The third-order valence-electron chi connectivity index (χ3n) is 3.36. The van der Waals surface area contributed by atoms with Gasteiger partial charge in [-0.2, -0.15) is 0 Å². The smallest absolute Gasteiger partial charge is 0.308 e. The lowest BCUT2D eigenvalue weighted by atomic mass is 9.85. The van der Waals surface area contributed by atoms with Gasteiger partial charge in [0, 0.05) is 17.6 Å². The number of aryl methyl sites for hydroxylation is 1. The van der Waals surface area contributed by atoms with Crippen molar-refractivity contribution in [3.05, 3.63) is 16.1 Å². The molecule has 6 nitrogen and oxygen atoms in total. The molecular weight excluding hydrogens is 268 g/mol. The van der Waals surface area contributed by atoms with E-state index < -0.39 is 23.8 Å². The molecule has 19 heavy (non-hydrogen) atoms. The van der Waals surface area contributed by atoms with Crippen LogP contribution in [0.3, 0.4) is 0 Å². The molecule has 2 N–H and O–H groups in total. The highest BCUT2D eigenvalue weighted by molar-refractivity contribution is 7.09. The van der Waals surface area contributed by atoms with E-state index in [-0.39, 0.29) is 6.54 Å². The van der Waals surface area contributed by atoms with Crippen LogP contribution in [0.1, 0.15) is 17.1 Å². The van der Waals surface area contributed by atoms with Gasteiger partial charge >= 0.3 is 11.9 Å². The Morgan fingerprint density at radius 2 is 2.11 bits per heavy atom. The summed E-state index contributed by atoms with van der Waals surface area (Å²) in [6, 6.07) is 0. The molecule has 1 aliphatic heterocycles. The number of rotatable bonds is 4. The molecule has 7 heteroatoms. The van der Waals surface area contributed by atoms with Crippen molar-refractivity contribution in [2.24, 2.45) is 11.8 Å². The van der Waals surface area contributed by atoms with Crippen LogP contribution in [0.15, 0.2) is 5.38 Å². The maximum Gasteiger partial charge on any atom is 0.308 e. The van der Waals surface area contributed by atoms with E-state index in [0.717, 1.165) is 10.7 Å². The Balaban J connectivity index is 2.02. The summed E-state index contributed by atoms with van der Waals surface area (Å²) in [7, 11) is 0. The Morgan fingerprint density at radius 3 is 2.63 bits per heavy atom. The summed E-state index contributed by atoms with van der Waals surface area (Å²) >= 11 is 1.54. The third-order valence-corrected chi connectivity index (χ3v) is 4.31. The molecule has 0 spiro atoms. The van der Waals surface area contributed by atoms with Gasteiger partial charge in [0.25, 0.3) is 0 Å². The van der Waals surface area contributed by atoms with Gasteiger partial charge in [0.15, 0.2) is 0 Å². The number of carboxylic acids is 2. The predicted molar refractivity (Wildman–Crippen MR) is 69.0 cm³/mol. The summed E-state index contributed by atoms with van der Waals surface area (Å²) in [5.41, 5.74) is 0.954. The van der Waals surface area contributed by atoms with E-state index >= 15 is 0 Å². The summed E-state index contributed by atoms with van der Waals surface area (Å²) < 4.78 is 0. The van der Waals surface area contributed by atoms with E-state index in [1.165, 1.54) is 0 Å². The number of nitrogens with zero attached hydrogens (tertiary/aromatic N) is 2. The van der Waals surface area contributed by atoms with Crippen molar-refractivity contribution in [3.63, 3.8) is 0 Å². The molecule has 2 unspecified atom stereocenters. The monoisotopic (exact) mass is 284 g/mol. The molecule has 2 rings (SSSR count). The maximum atomic E-state index is 11.2. The number of piperidine rings is 1. The second kappa shape index (κ2) is 5.66. The van der Waals surface area contributed by atoms with Gasteiger partial charge in [0.1, 0.15) is 5.01 Å². The summed E-state index contributed by atoms with van der Waals surface area (Å²) in [6.07, 6.45) is 0.372. The van der Waals surface area contributed by atoms with Gasteiger partial charge in [0.05, 0.1) is 18.4 Å². The molecule has 0 aromatic carbocycles. The molecule has 104 valence electrons. The van der Waals surface area contributed by atoms with Crippen molar-refractivity contribution in [2.45, 2.75) is 19.9 Å². The maximum absolute atomic E-state index is 11.2. The zero-order chi connectivity index (χ0) is 14.0. The SMILES string of the molecule is Cc1csc(CN2CCC(C(=O)O)C(C(=O)O)C2)n1. The first-order chi connectivity index (χ1) is 8.97. The fraction of sp³-hybridized carbons (Fsp3) is 0.583. The largest absolute Gasteiger partial charge is 0.481 e. The summed E-state index contributed by atoms with van der Waals surface area (Å²) in [5, 5.41) is 21.1. The van der Waals surface area contributed by atoms with E-state index in [1.54, 1.807) is 11.3 Å². The molecule has 0 amide bonds. The molecule has 1 saturated heterocycles. The van der Waals surface area contributed by atoms with E-state index in [4.69, 9.17) is 10.2 Å². The molecule has 0 aliphatic carbocycles. The van der Waals surface area contributed by atoms with Gasteiger partial charge in [-0.05, 0) is 19.9 Å². The van der Waals surface area contributed by atoms with Gasteiger partial charge in [0.2, 0.25) is 0 Å². The van der Waals surface area contributed by atoms with Crippen LogP contribution in [0.25, 0.3) is 0 Å². The highest BCUT2D eigenvalue weighted by Crippen LogP contribution is 2.26. The molecule has 1 fully saturated rings. The zero-order valence-corrected chi connectivity index (χ0v) is 11.4. The van der Waals surface area contributed by atoms with Crippen LogP contribution in [0.2, 0.25) is 0 Å². The van der Waals surface area contributed by atoms with Gasteiger partial charge in [-0.15, -0.1) is 11.3 Å². The zero-order valence-electron chi connectivity index (χ0n) is 10.6. The van der Waals surface area contributed by atoms with Crippen LogP contribution >= 0.6 is 11.3 Å². The van der Waals surface area contributed by atoms with Crippen molar-refractivity contribution < 1.29 is 19.8 Å². The number of thiazole rings is 1. The standard InChI is InChI=1S/C12H16N2O4S/c1-7-6-19-10(13-7)5-14-3-2-8(11(15)16)9(4-14)12(17)18/h6,8-9H,2-5H2,1H3,(H,15,16)(H,17,18). The molecule has 0 bridgehead atoms. The first-order valence-electron chi connectivity index (χ1n) is 6.06. The summed E-state index contributed by atoms with van der Waals surface area (Å²) in [4.78, 5) is 28.5. The summed E-state index contributed by atoms with van der Waals surface area (Å²) in [6.45, 7) is 3.37. The van der Waals surface area contributed by atoms with Crippen LogP contribution in [-0.2, 0) is 16.1 Å². The third kappa shape index (κ3) is 3.30. The lowest BCUT2D eigenvalue weighted by molar-refractivity contribution is -0.157. The van der Waals surface area contributed by atoms with Crippen LogP contribution in [0.4, 0.5) is 0 Å². The lowest BCUT2D eigenvalue weighted by Crippen LogP contribution is -2.46. The minimum Gasteiger partial charge on any atom is -0.481 e. The topological polar surface area (TPSA) is 90.7 Å². The first-order valence-corrected chi connectivity index (χ1v) is 6.94. The quantitative estimate of drug-likeness (QED) is 0.859. The Hall–Kier alpha value is -1.47. The lowest BCUT2D eigenvalue weighted by Gasteiger charge is -2.33.